The van der Waals surface area contributed by atoms with Crippen LogP contribution in [0.1, 0.15) is 47.5 Å². The maximum absolute atomic E-state index is 10.7. The standard InChI is InChI=1S/C9H11NO3/c1-2-5-3-4-6-7(9(11)12)10-13-8(5)6/h5H,2-4H2,1H3,(H,11,12). The van der Waals surface area contributed by atoms with Crippen LogP contribution in [0.15, 0.2) is 4.52 Å². The van der Waals surface area contributed by atoms with Gasteiger partial charge < -0.3 is 9.63 Å². The normalized spacial score (nSPS) is 20.2. The van der Waals surface area contributed by atoms with Gasteiger partial charge in [-0.15, -0.1) is 0 Å². The van der Waals surface area contributed by atoms with E-state index in [-0.39, 0.29) is 5.69 Å². The summed E-state index contributed by atoms with van der Waals surface area (Å²) in [6, 6.07) is 0. The Morgan fingerprint density at radius 3 is 3.15 bits per heavy atom. The lowest BCUT2D eigenvalue weighted by atomic mass is 10.1. The molecule has 0 saturated heterocycles. The van der Waals surface area contributed by atoms with Gasteiger partial charge in [-0.05, 0) is 19.3 Å². The zero-order valence-corrected chi connectivity index (χ0v) is 7.41. The molecule has 13 heavy (non-hydrogen) atoms. The molecular weight excluding hydrogens is 170 g/mol. The molecule has 1 aromatic heterocycles. The lowest BCUT2D eigenvalue weighted by Gasteiger charge is -2.00. The number of carbonyl (C=O) groups is 1. The van der Waals surface area contributed by atoms with Gasteiger partial charge in [0.1, 0.15) is 5.76 Å². The molecule has 1 heterocycles. The minimum Gasteiger partial charge on any atom is -0.476 e. The van der Waals surface area contributed by atoms with Crippen LogP contribution in [0, 0.1) is 0 Å². The summed E-state index contributed by atoms with van der Waals surface area (Å²) in [5, 5.41) is 12.3. The van der Waals surface area contributed by atoms with Crippen LogP contribution in [0.5, 0.6) is 0 Å². The van der Waals surface area contributed by atoms with E-state index in [2.05, 4.69) is 12.1 Å². The second kappa shape index (κ2) is 2.87. The van der Waals surface area contributed by atoms with E-state index in [0.29, 0.717) is 5.92 Å². The molecule has 0 bridgehead atoms. The van der Waals surface area contributed by atoms with E-state index in [1.165, 1.54) is 0 Å². The Bertz CT molecular complexity index is 343. The molecule has 4 nitrogen and oxygen atoms in total. The third-order valence-electron chi connectivity index (χ3n) is 2.63. The van der Waals surface area contributed by atoms with Crippen molar-refractivity contribution in [1.82, 2.24) is 5.16 Å². The number of carboxylic acids is 1. The second-order valence-electron chi connectivity index (χ2n) is 3.32. The molecule has 1 N–H and O–H groups in total. The Morgan fingerprint density at radius 1 is 1.77 bits per heavy atom. The summed E-state index contributed by atoms with van der Waals surface area (Å²) in [6.07, 6.45) is 2.77. The molecule has 1 aliphatic carbocycles. The minimum atomic E-state index is -0.984. The summed E-state index contributed by atoms with van der Waals surface area (Å²) in [5.41, 5.74) is 0.908. The molecule has 1 atom stereocenters. The van der Waals surface area contributed by atoms with Crippen LogP contribution < -0.4 is 0 Å². The van der Waals surface area contributed by atoms with Gasteiger partial charge >= 0.3 is 5.97 Å². The van der Waals surface area contributed by atoms with Crippen molar-refractivity contribution in [3.63, 3.8) is 0 Å². The van der Waals surface area contributed by atoms with E-state index in [9.17, 15) is 4.79 Å². The summed E-state index contributed by atoms with van der Waals surface area (Å²) in [5.74, 6) is 0.178. The molecule has 0 amide bonds. The lowest BCUT2D eigenvalue weighted by molar-refractivity contribution is 0.0684. The number of fused-ring (bicyclic) bond motifs is 1. The van der Waals surface area contributed by atoms with E-state index in [4.69, 9.17) is 9.63 Å². The molecule has 70 valence electrons. The molecule has 1 unspecified atom stereocenters. The maximum atomic E-state index is 10.7. The van der Waals surface area contributed by atoms with Crippen LogP contribution in [0.4, 0.5) is 0 Å². The summed E-state index contributed by atoms with van der Waals surface area (Å²) < 4.78 is 5.04. The van der Waals surface area contributed by atoms with Crippen molar-refractivity contribution in [1.29, 1.82) is 0 Å². The molecular formula is C9H11NO3. The number of aromatic nitrogens is 1. The first-order chi connectivity index (χ1) is 6.24. The highest BCUT2D eigenvalue weighted by molar-refractivity contribution is 5.87. The first kappa shape index (κ1) is 8.29. The lowest BCUT2D eigenvalue weighted by Crippen LogP contribution is -1.99. The molecule has 2 rings (SSSR count). The number of rotatable bonds is 2. The number of aromatic carboxylic acids is 1. The maximum Gasteiger partial charge on any atom is 0.358 e. The fourth-order valence-electron chi connectivity index (χ4n) is 1.89. The fourth-order valence-corrected chi connectivity index (χ4v) is 1.89. The van der Waals surface area contributed by atoms with Crippen LogP contribution in [-0.2, 0) is 6.42 Å². The SMILES string of the molecule is CCC1CCc2c(C(=O)O)noc21. The molecule has 0 saturated carbocycles. The molecule has 1 aromatic rings. The van der Waals surface area contributed by atoms with Gasteiger partial charge in [0.15, 0.2) is 5.69 Å². The van der Waals surface area contributed by atoms with Crippen molar-refractivity contribution in [2.75, 3.05) is 0 Å². The van der Waals surface area contributed by atoms with Crippen LogP contribution >= 0.6 is 0 Å². The molecule has 1 aliphatic rings. The monoisotopic (exact) mass is 181 g/mol. The van der Waals surface area contributed by atoms with Crippen molar-refractivity contribution < 1.29 is 14.4 Å². The quantitative estimate of drug-likeness (QED) is 0.755. The highest BCUT2D eigenvalue weighted by atomic mass is 16.5. The molecule has 0 fully saturated rings. The second-order valence-corrected chi connectivity index (χ2v) is 3.32. The van der Waals surface area contributed by atoms with Crippen molar-refractivity contribution in [3.05, 3.63) is 17.0 Å². The predicted octanol–water partition coefficient (Wildman–Crippen LogP) is 1.81. The van der Waals surface area contributed by atoms with Gasteiger partial charge in [-0.1, -0.05) is 12.1 Å². The fraction of sp³-hybridized carbons (Fsp3) is 0.556. The Kier molecular flexibility index (Phi) is 1.83. The van der Waals surface area contributed by atoms with Gasteiger partial charge in [-0.25, -0.2) is 4.79 Å². The van der Waals surface area contributed by atoms with Gasteiger partial charge in [-0.3, -0.25) is 0 Å². The van der Waals surface area contributed by atoms with E-state index in [0.717, 1.165) is 30.6 Å². The molecule has 0 aliphatic heterocycles. The number of nitrogens with zero attached hydrogens (tertiary/aromatic N) is 1. The highest BCUT2D eigenvalue weighted by Gasteiger charge is 2.31. The van der Waals surface area contributed by atoms with Crippen molar-refractivity contribution in [2.24, 2.45) is 0 Å². The van der Waals surface area contributed by atoms with E-state index in [1.807, 2.05) is 0 Å². The van der Waals surface area contributed by atoms with Crippen LogP contribution in [0.25, 0.3) is 0 Å². The molecule has 0 aromatic carbocycles. The summed E-state index contributed by atoms with van der Waals surface area (Å²) in [7, 11) is 0. The smallest absolute Gasteiger partial charge is 0.358 e. The van der Waals surface area contributed by atoms with Crippen molar-refractivity contribution in [3.8, 4) is 0 Å². The number of carboxylic acid groups (broad SMARTS) is 1. The largest absolute Gasteiger partial charge is 0.476 e. The van der Waals surface area contributed by atoms with E-state index in [1.54, 1.807) is 0 Å². The first-order valence-electron chi connectivity index (χ1n) is 4.45. The number of hydrogen-bond acceptors (Lipinski definition) is 3. The summed E-state index contributed by atoms with van der Waals surface area (Å²) >= 11 is 0. The first-order valence-corrected chi connectivity index (χ1v) is 4.45. The van der Waals surface area contributed by atoms with Crippen LogP contribution in [0.2, 0.25) is 0 Å². The van der Waals surface area contributed by atoms with Gasteiger partial charge in [0, 0.05) is 11.5 Å². The zero-order valence-electron chi connectivity index (χ0n) is 7.41. The van der Waals surface area contributed by atoms with Crippen molar-refractivity contribution in [2.45, 2.75) is 32.1 Å². The Balaban J connectivity index is 2.41. The van der Waals surface area contributed by atoms with Crippen LogP contribution in [-0.4, -0.2) is 16.2 Å². The molecule has 4 heteroatoms. The number of hydrogen-bond donors (Lipinski definition) is 1. The predicted molar refractivity (Wildman–Crippen MR) is 44.8 cm³/mol. The Morgan fingerprint density at radius 2 is 2.54 bits per heavy atom. The average Bonchev–Trinajstić information content (AvgIpc) is 2.61. The summed E-state index contributed by atoms with van der Waals surface area (Å²) in [6.45, 7) is 2.07. The highest BCUT2D eigenvalue weighted by Crippen LogP contribution is 2.36. The molecule has 0 radical (unpaired) electrons. The molecule has 0 spiro atoms. The third-order valence-corrected chi connectivity index (χ3v) is 2.63. The van der Waals surface area contributed by atoms with Gasteiger partial charge in [0.2, 0.25) is 0 Å². The van der Waals surface area contributed by atoms with Crippen molar-refractivity contribution >= 4 is 5.97 Å². The summed E-state index contributed by atoms with van der Waals surface area (Å²) in [4.78, 5) is 10.7. The third kappa shape index (κ3) is 1.13. The van der Waals surface area contributed by atoms with E-state index >= 15 is 0 Å². The van der Waals surface area contributed by atoms with Gasteiger partial charge in [0.25, 0.3) is 0 Å². The van der Waals surface area contributed by atoms with E-state index < -0.39 is 5.97 Å². The zero-order chi connectivity index (χ0) is 9.42. The van der Waals surface area contributed by atoms with Crippen LogP contribution in [0.3, 0.4) is 0 Å². The topological polar surface area (TPSA) is 63.3 Å². The Labute approximate surface area is 75.5 Å². The van der Waals surface area contributed by atoms with Gasteiger partial charge in [-0.2, -0.15) is 0 Å². The minimum absolute atomic E-state index is 0.103. The Hall–Kier alpha value is -1.32. The average molecular weight is 181 g/mol. The van der Waals surface area contributed by atoms with Gasteiger partial charge in [0.05, 0.1) is 0 Å².